The Kier molecular flexibility index (Phi) is 3.96. The number of Topliss-reactive ketones (excluding diaryl/α,β-unsaturated/α-hetero) is 1. The van der Waals surface area contributed by atoms with Crippen molar-refractivity contribution in [2.24, 2.45) is 0 Å². The highest BCUT2D eigenvalue weighted by Gasteiger charge is 2.08. The molecular formula is C10H13NO3S. The number of aromatic nitrogens is 1. The summed E-state index contributed by atoms with van der Waals surface area (Å²) in [6.45, 7) is 0. The Hall–Kier alpha value is -1.23. The third-order valence-electron chi connectivity index (χ3n) is 1.90. The number of pyridine rings is 1. The summed E-state index contributed by atoms with van der Waals surface area (Å²) in [5.74, 6) is -0.136. The zero-order valence-electron chi connectivity index (χ0n) is 8.51. The molecule has 0 bridgehead atoms. The summed E-state index contributed by atoms with van der Waals surface area (Å²) in [6.07, 6.45) is 4.71. The second-order valence-corrected chi connectivity index (χ2v) is 5.71. The van der Waals surface area contributed by atoms with Gasteiger partial charge in [0.25, 0.3) is 0 Å². The number of hydrogen-bond donors (Lipinski definition) is 0. The second kappa shape index (κ2) is 5.02. The van der Waals surface area contributed by atoms with Gasteiger partial charge in [-0.15, -0.1) is 0 Å². The SMILES string of the molecule is CS(=O)(=O)CCC(=O)Cc1ccncc1. The van der Waals surface area contributed by atoms with Crippen molar-refractivity contribution in [3.05, 3.63) is 30.1 Å². The summed E-state index contributed by atoms with van der Waals surface area (Å²) in [7, 11) is -3.04. The lowest BCUT2D eigenvalue weighted by Crippen LogP contribution is -2.11. The molecule has 0 saturated heterocycles. The predicted octanol–water partition coefficient (Wildman–Crippen LogP) is 0.628. The highest BCUT2D eigenvalue weighted by Crippen LogP contribution is 2.01. The average Bonchev–Trinajstić information content (AvgIpc) is 2.15. The Morgan fingerprint density at radius 2 is 1.93 bits per heavy atom. The Balaban J connectivity index is 2.44. The van der Waals surface area contributed by atoms with Crippen LogP contribution in [-0.4, -0.2) is 31.2 Å². The summed E-state index contributed by atoms with van der Waals surface area (Å²) in [4.78, 5) is 15.2. The lowest BCUT2D eigenvalue weighted by Gasteiger charge is -1.99. The van der Waals surface area contributed by atoms with Gasteiger partial charge in [-0.1, -0.05) is 0 Å². The van der Waals surface area contributed by atoms with Crippen LogP contribution in [0.15, 0.2) is 24.5 Å². The van der Waals surface area contributed by atoms with Gasteiger partial charge in [0.1, 0.15) is 15.6 Å². The molecule has 0 atom stereocenters. The van der Waals surface area contributed by atoms with Gasteiger partial charge in [0, 0.05) is 31.5 Å². The van der Waals surface area contributed by atoms with E-state index in [1.807, 2.05) is 0 Å². The van der Waals surface area contributed by atoms with Crippen LogP contribution in [0.4, 0.5) is 0 Å². The number of sulfone groups is 1. The van der Waals surface area contributed by atoms with Crippen LogP contribution in [0.2, 0.25) is 0 Å². The maximum absolute atomic E-state index is 11.4. The molecule has 1 rings (SSSR count). The molecule has 5 heteroatoms. The van der Waals surface area contributed by atoms with Crippen molar-refractivity contribution in [3.8, 4) is 0 Å². The molecule has 1 aromatic rings. The Labute approximate surface area is 89.3 Å². The van der Waals surface area contributed by atoms with Gasteiger partial charge < -0.3 is 0 Å². The van der Waals surface area contributed by atoms with Crippen LogP contribution in [0.3, 0.4) is 0 Å². The summed E-state index contributed by atoms with van der Waals surface area (Å²) in [5, 5.41) is 0. The minimum atomic E-state index is -3.04. The van der Waals surface area contributed by atoms with Crippen LogP contribution in [0.25, 0.3) is 0 Å². The van der Waals surface area contributed by atoms with Crippen molar-refractivity contribution in [2.75, 3.05) is 12.0 Å². The molecule has 0 aromatic carbocycles. The first-order valence-electron chi connectivity index (χ1n) is 4.56. The molecule has 82 valence electrons. The lowest BCUT2D eigenvalue weighted by molar-refractivity contribution is -0.118. The van der Waals surface area contributed by atoms with E-state index in [1.165, 1.54) is 0 Å². The molecule has 0 aliphatic carbocycles. The average molecular weight is 227 g/mol. The van der Waals surface area contributed by atoms with Crippen molar-refractivity contribution < 1.29 is 13.2 Å². The summed E-state index contributed by atoms with van der Waals surface area (Å²) < 4.78 is 21.7. The van der Waals surface area contributed by atoms with Gasteiger partial charge in [-0.25, -0.2) is 8.42 Å². The maximum Gasteiger partial charge on any atom is 0.147 e. The van der Waals surface area contributed by atoms with E-state index < -0.39 is 9.84 Å². The largest absolute Gasteiger partial charge is 0.299 e. The van der Waals surface area contributed by atoms with Gasteiger partial charge in [0.15, 0.2) is 0 Å². The van der Waals surface area contributed by atoms with Gasteiger partial charge >= 0.3 is 0 Å². The fraction of sp³-hybridized carbons (Fsp3) is 0.400. The smallest absolute Gasteiger partial charge is 0.147 e. The molecule has 0 spiro atoms. The Morgan fingerprint density at radius 3 is 2.47 bits per heavy atom. The van der Waals surface area contributed by atoms with E-state index in [0.29, 0.717) is 0 Å². The van der Waals surface area contributed by atoms with Gasteiger partial charge in [0.2, 0.25) is 0 Å². The monoisotopic (exact) mass is 227 g/mol. The van der Waals surface area contributed by atoms with E-state index in [0.717, 1.165) is 11.8 Å². The van der Waals surface area contributed by atoms with Crippen LogP contribution in [0, 0.1) is 0 Å². The lowest BCUT2D eigenvalue weighted by atomic mass is 10.1. The van der Waals surface area contributed by atoms with Crippen molar-refractivity contribution >= 4 is 15.6 Å². The fourth-order valence-electron chi connectivity index (χ4n) is 1.12. The Morgan fingerprint density at radius 1 is 1.33 bits per heavy atom. The molecule has 0 amide bonds. The van der Waals surface area contributed by atoms with E-state index in [1.54, 1.807) is 24.5 Å². The van der Waals surface area contributed by atoms with Gasteiger partial charge in [-0.3, -0.25) is 9.78 Å². The number of carbonyl (C=O) groups is 1. The molecule has 0 radical (unpaired) electrons. The quantitative estimate of drug-likeness (QED) is 0.740. The maximum atomic E-state index is 11.4. The van der Waals surface area contributed by atoms with E-state index >= 15 is 0 Å². The first kappa shape index (κ1) is 11.8. The first-order valence-corrected chi connectivity index (χ1v) is 6.62. The molecule has 15 heavy (non-hydrogen) atoms. The molecular weight excluding hydrogens is 214 g/mol. The van der Waals surface area contributed by atoms with E-state index in [4.69, 9.17) is 0 Å². The number of nitrogens with zero attached hydrogens (tertiary/aromatic N) is 1. The van der Waals surface area contributed by atoms with Crippen molar-refractivity contribution in [3.63, 3.8) is 0 Å². The number of hydrogen-bond acceptors (Lipinski definition) is 4. The van der Waals surface area contributed by atoms with E-state index in [9.17, 15) is 13.2 Å². The summed E-state index contributed by atoms with van der Waals surface area (Å²) >= 11 is 0. The predicted molar refractivity (Wildman–Crippen MR) is 57.3 cm³/mol. The summed E-state index contributed by atoms with van der Waals surface area (Å²) in [5.41, 5.74) is 0.864. The van der Waals surface area contributed by atoms with E-state index in [2.05, 4.69) is 4.98 Å². The molecule has 0 aliphatic heterocycles. The zero-order chi connectivity index (χ0) is 11.3. The summed E-state index contributed by atoms with van der Waals surface area (Å²) in [6, 6.07) is 3.50. The normalized spacial score (nSPS) is 11.3. The van der Waals surface area contributed by atoms with Gasteiger partial charge in [-0.05, 0) is 17.7 Å². The fourth-order valence-corrected chi connectivity index (χ4v) is 1.71. The van der Waals surface area contributed by atoms with Crippen molar-refractivity contribution in [1.82, 2.24) is 4.98 Å². The molecule has 0 saturated carbocycles. The molecule has 4 nitrogen and oxygen atoms in total. The van der Waals surface area contributed by atoms with E-state index in [-0.39, 0.29) is 24.4 Å². The van der Waals surface area contributed by atoms with Crippen molar-refractivity contribution in [1.29, 1.82) is 0 Å². The first-order chi connectivity index (χ1) is 6.97. The van der Waals surface area contributed by atoms with Gasteiger partial charge in [-0.2, -0.15) is 0 Å². The van der Waals surface area contributed by atoms with Crippen LogP contribution < -0.4 is 0 Å². The highest BCUT2D eigenvalue weighted by atomic mass is 32.2. The minimum absolute atomic E-state index is 0.0633. The molecule has 0 N–H and O–H groups in total. The highest BCUT2D eigenvalue weighted by molar-refractivity contribution is 7.90. The van der Waals surface area contributed by atoms with Crippen LogP contribution >= 0.6 is 0 Å². The minimum Gasteiger partial charge on any atom is -0.299 e. The topological polar surface area (TPSA) is 64.1 Å². The molecule has 0 fully saturated rings. The third-order valence-corrected chi connectivity index (χ3v) is 2.85. The molecule has 0 aliphatic rings. The molecule has 1 heterocycles. The van der Waals surface area contributed by atoms with Crippen LogP contribution in [0.1, 0.15) is 12.0 Å². The number of ketones is 1. The number of rotatable bonds is 5. The zero-order valence-corrected chi connectivity index (χ0v) is 9.33. The number of carbonyl (C=O) groups excluding carboxylic acids is 1. The molecule has 1 aromatic heterocycles. The second-order valence-electron chi connectivity index (χ2n) is 3.45. The standard InChI is InChI=1S/C10H13NO3S/c1-15(13,14)7-4-10(12)8-9-2-5-11-6-3-9/h2-3,5-6H,4,7-8H2,1H3. The van der Waals surface area contributed by atoms with Crippen molar-refractivity contribution in [2.45, 2.75) is 12.8 Å². The van der Waals surface area contributed by atoms with Crippen LogP contribution in [0.5, 0.6) is 0 Å². The van der Waals surface area contributed by atoms with Gasteiger partial charge in [0.05, 0.1) is 5.75 Å². The van der Waals surface area contributed by atoms with Crippen LogP contribution in [-0.2, 0) is 21.1 Å². The molecule has 0 unspecified atom stereocenters. The third kappa shape index (κ3) is 5.27. The Bertz CT molecular complexity index is 425.